The summed E-state index contributed by atoms with van der Waals surface area (Å²) in [6.07, 6.45) is 0.534. The van der Waals surface area contributed by atoms with Gasteiger partial charge in [-0.1, -0.05) is 6.92 Å². The molecule has 0 amide bonds. The second kappa shape index (κ2) is 5.65. The largest absolute Gasteiger partial charge is 0.481 e. The van der Waals surface area contributed by atoms with E-state index in [1.165, 1.54) is 7.11 Å². The molecule has 0 spiro atoms. The summed E-state index contributed by atoms with van der Waals surface area (Å²) in [4.78, 5) is 7.80. The fraction of sp³-hybridized carbons (Fsp3) is 0.600. The minimum Gasteiger partial charge on any atom is -0.481 e. The molecule has 96 valence electrons. The number of methoxy groups -OCH3 is 1. The van der Waals surface area contributed by atoms with Gasteiger partial charge in [0.1, 0.15) is 5.82 Å². The Morgan fingerprint density at radius 2 is 2.06 bits per heavy atom. The van der Waals surface area contributed by atoms with Gasteiger partial charge < -0.3 is 26.0 Å². The normalized spacial score (nSPS) is 11.3. The first-order chi connectivity index (χ1) is 8.09. The smallest absolute Gasteiger partial charge is 0.225 e. The maximum Gasteiger partial charge on any atom is 0.225 e. The molecule has 1 rings (SSSR count). The summed E-state index contributed by atoms with van der Waals surface area (Å²) in [5.74, 6) is 0.785. The van der Waals surface area contributed by atoms with Crippen LogP contribution < -0.4 is 15.8 Å². The summed E-state index contributed by atoms with van der Waals surface area (Å²) in [6.45, 7) is 1.42. The number of hydrogen-bond acceptors (Lipinski definition) is 7. The highest BCUT2D eigenvalue weighted by Crippen LogP contribution is 2.20. The van der Waals surface area contributed by atoms with Gasteiger partial charge >= 0.3 is 0 Å². The van der Waals surface area contributed by atoms with E-state index in [1.54, 1.807) is 6.07 Å². The second-order valence-corrected chi connectivity index (χ2v) is 3.73. The van der Waals surface area contributed by atoms with Gasteiger partial charge in [0.2, 0.25) is 11.8 Å². The van der Waals surface area contributed by atoms with Crippen molar-refractivity contribution in [1.29, 1.82) is 0 Å². The minimum absolute atomic E-state index is 0.0627. The second-order valence-electron chi connectivity index (χ2n) is 3.73. The van der Waals surface area contributed by atoms with Crippen molar-refractivity contribution in [3.05, 3.63) is 6.07 Å². The van der Waals surface area contributed by atoms with Gasteiger partial charge in [-0.15, -0.1) is 0 Å². The first-order valence-corrected chi connectivity index (χ1v) is 5.27. The molecule has 0 unspecified atom stereocenters. The first kappa shape index (κ1) is 13.5. The van der Waals surface area contributed by atoms with Gasteiger partial charge in [0.15, 0.2) is 0 Å². The summed E-state index contributed by atoms with van der Waals surface area (Å²) in [7, 11) is 1.47. The van der Waals surface area contributed by atoms with Gasteiger partial charge in [0.25, 0.3) is 0 Å². The SMILES string of the molecule is CCC(CO)(CO)Nc1cc(OC)nc(N)n1. The Kier molecular flexibility index (Phi) is 4.47. The predicted molar refractivity (Wildman–Crippen MR) is 63.8 cm³/mol. The molecule has 17 heavy (non-hydrogen) atoms. The lowest BCUT2D eigenvalue weighted by atomic mass is 9.98. The molecule has 0 radical (unpaired) electrons. The Balaban J connectivity index is 2.96. The summed E-state index contributed by atoms with van der Waals surface area (Å²) in [5.41, 5.74) is 4.68. The Labute approximate surface area is 99.7 Å². The van der Waals surface area contributed by atoms with Crippen LogP contribution in [0.25, 0.3) is 0 Å². The van der Waals surface area contributed by atoms with Crippen LogP contribution in [0.2, 0.25) is 0 Å². The number of aliphatic hydroxyl groups is 2. The molecule has 0 aliphatic carbocycles. The molecule has 0 saturated carbocycles. The fourth-order valence-electron chi connectivity index (χ4n) is 1.32. The molecule has 0 aromatic carbocycles. The molecular formula is C10H18N4O3. The van der Waals surface area contributed by atoms with E-state index in [1.807, 2.05) is 6.92 Å². The van der Waals surface area contributed by atoms with Crippen LogP contribution in [0, 0.1) is 0 Å². The van der Waals surface area contributed by atoms with Crippen molar-refractivity contribution >= 4 is 11.8 Å². The van der Waals surface area contributed by atoms with Crippen molar-refractivity contribution in [2.45, 2.75) is 18.9 Å². The highest BCUT2D eigenvalue weighted by atomic mass is 16.5. The van der Waals surface area contributed by atoms with Gasteiger partial charge in [-0.2, -0.15) is 9.97 Å². The van der Waals surface area contributed by atoms with Crippen LogP contribution in [0.5, 0.6) is 5.88 Å². The van der Waals surface area contributed by atoms with Crippen molar-refractivity contribution in [1.82, 2.24) is 9.97 Å². The summed E-state index contributed by atoms with van der Waals surface area (Å²) >= 11 is 0. The van der Waals surface area contributed by atoms with Crippen LogP contribution in [0.3, 0.4) is 0 Å². The monoisotopic (exact) mass is 242 g/mol. The number of nitrogens with one attached hydrogen (secondary N) is 1. The molecular weight excluding hydrogens is 224 g/mol. The Morgan fingerprint density at radius 3 is 2.53 bits per heavy atom. The number of nitrogens with zero attached hydrogens (tertiary/aromatic N) is 2. The van der Waals surface area contributed by atoms with E-state index in [-0.39, 0.29) is 19.2 Å². The van der Waals surface area contributed by atoms with Crippen molar-refractivity contribution in [3.8, 4) is 5.88 Å². The molecule has 7 nitrogen and oxygen atoms in total. The summed E-state index contributed by atoms with van der Waals surface area (Å²) < 4.78 is 4.95. The van der Waals surface area contributed by atoms with Crippen LogP contribution in [0.4, 0.5) is 11.8 Å². The van der Waals surface area contributed by atoms with Crippen LogP contribution in [-0.4, -0.2) is 46.0 Å². The maximum absolute atomic E-state index is 9.31. The zero-order chi connectivity index (χ0) is 12.9. The standard InChI is InChI=1S/C10H18N4O3/c1-3-10(5-15,6-16)14-7-4-8(17-2)13-9(11)12-7/h4,15-16H,3,5-6H2,1-2H3,(H3,11,12,13,14). The topological polar surface area (TPSA) is 114 Å². The molecule has 0 aliphatic heterocycles. The molecule has 5 N–H and O–H groups in total. The molecule has 1 aromatic heterocycles. The average molecular weight is 242 g/mol. The molecule has 0 bridgehead atoms. The first-order valence-electron chi connectivity index (χ1n) is 5.27. The van der Waals surface area contributed by atoms with E-state index >= 15 is 0 Å². The van der Waals surface area contributed by atoms with Crippen molar-refractivity contribution in [2.75, 3.05) is 31.4 Å². The van der Waals surface area contributed by atoms with E-state index in [0.29, 0.717) is 18.1 Å². The highest BCUT2D eigenvalue weighted by molar-refractivity contribution is 5.45. The highest BCUT2D eigenvalue weighted by Gasteiger charge is 2.27. The number of nitrogens with two attached hydrogens (primary N) is 1. The lowest BCUT2D eigenvalue weighted by molar-refractivity contribution is 0.132. The third-order valence-electron chi connectivity index (χ3n) is 2.60. The zero-order valence-electron chi connectivity index (χ0n) is 9.97. The predicted octanol–water partition coefficient (Wildman–Crippen LogP) is -0.387. The lowest BCUT2D eigenvalue weighted by Gasteiger charge is -2.30. The van der Waals surface area contributed by atoms with Gasteiger partial charge in [-0.05, 0) is 6.42 Å². The van der Waals surface area contributed by atoms with E-state index in [9.17, 15) is 10.2 Å². The number of anilines is 2. The van der Waals surface area contributed by atoms with Crippen molar-refractivity contribution < 1.29 is 14.9 Å². The minimum atomic E-state index is -0.828. The van der Waals surface area contributed by atoms with Gasteiger partial charge in [-0.25, -0.2) is 0 Å². The third kappa shape index (κ3) is 3.18. The van der Waals surface area contributed by atoms with Crippen molar-refractivity contribution in [3.63, 3.8) is 0 Å². The molecule has 0 atom stereocenters. The summed E-state index contributed by atoms with van der Waals surface area (Å²) in [5, 5.41) is 21.6. The maximum atomic E-state index is 9.31. The molecule has 7 heteroatoms. The lowest BCUT2D eigenvalue weighted by Crippen LogP contribution is -2.45. The number of nitrogen functional groups attached to an aromatic ring is 1. The molecule has 1 heterocycles. The average Bonchev–Trinajstić information content (AvgIpc) is 2.35. The van der Waals surface area contributed by atoms with Crippen LogP contribution >= 0.6 is 0 Å². The van der Waals surface area contributed by atoms with E-state index < -0.39 is 5.54 Å². The van der Waals surface area contributed by atoms with Gasteiger partial charge in [-0.3, -0.25) is 0 Å². The van der Waals surface area contributed by atoms with Gasteiger partial charge in [0, 0.05) is 6.07 Å². The summed E-state index contributed by atoms with van der Waals surface area (Å²) in [6, 6.07) is 1.55. The number of rotatable bonds is 6. The fourth-order valence-corrected chi connectivity index (χ4v) is 1.32. The van der Waals surface area contributed by atoms with Crippen LogP contribution in [0.15, 0.2) is 6.07 Å². The Morgan fingerprint density at radius 1 is 1.41 bits per heavy atom. The molecule has 0 aliphatic rings. The van der Waals surface area contributed by atoms with E-state index in [0.717, 1.165) is 0 Å². The number of hydrogen-bond donors (Lipinski definition) is 4. The quantitative estimate of drug-likeness (QED) is 0.537. The van der Waals surface area contributed by atoms with Crippen LogP contribution in [-0.2, 0) is 0 Å². The number of ether oxygens (including phenoxy) is 1. The van der Waals surface area contributed by atoms with E-state index in [2.05, 4.69) is 15.3 Å². The Hall–Kier alpha value is -1.60. The Bertz CT molecular complexity index is 360. The van der Waals surface area contributed by atoms with Crippen molar-refractivity contribution in [2.24, 2.45) is 0 Å². The number of aliphatic hydroxyl groups excluding tert-OH is 2. The zero-order valence-corrected chi connectivity index (χ0v) is 9.97. The number of aromatic nitrogens is 2. The molecule has 0 saturated heterocycles. The third-order valence-corrected chi connectivity index (χ3v) is 2.60. The molecule has 0 fully saturated rings. The van der Waals surface area contributed by atoms with Crippen LogP contribution in [0.1, 0.15) is 13.3 Å². The molecule has 1 aromatic rings. The van der Waals surface area contributed by atoms with E-state index in [4.69, 9.17) is 10.5 Å². The van der Waals surface area contributed by atoms with Gasteiger partial charge in [0.05, 0.1) is 25.9 Å².